The molecule has 1 aliphatic rings. The summed E-state index contributed by atoms with van der Waals surface area (Å²) in [5.74, 6) is 1.61. The first-order valence-electron chi connectivity index (χ1n) is 8.54. The molecule has 0 spiro atoms. The first-order chi connectivity index (χ1) is 12.5. The standard InChI is InChI=1S/C19H20N4O3/c1-10-7-13-18(14(24)8-10)20-21-19-17(11(2)22-23(13)19)12-5-6-15(25-3)16(9-12)26-4/h5-6,9-10H,7-8H2,1-4H3. The zero-order valence-corrected chi connectivity index (χ0v) is 15.2. The largest absolute Gasteiger partial charge is 0.493 e. The Morgan fingerprint density at radius 3 is 2.62 bits per heavy atom. The van der Waals surface area contributed by atoms with Gasteiger partial charge in [0.15, 0.2) is 28.6 Å². The van der Waals surface area contributed by atoms with Crippen LogP contribution in [0.4, 0.5) is 0 Å². The number of Topliss-reactive ketones (excluding diaryl/α,β-unsaturated/α-hetero) is 1. The van der Waals surface area contributed by atoms with E-state index in [1.165, 1.54) is 0 Å². The molecule has 0 amide bonds. The minimum atomic E-state index is 0.0361. The third-order valence-corrected chi connectivity index (χ3v) is 4.82. The van der Waals surface area contributed by atoms with Crippen LogP contribution in [-0.4, -0.2) is 39.8 Å². The molecule has 2 heterocycles. The minimum Gasteiger partial charge on any atom is -0.493 e. The molecule has 0 radical (unpaired) electrons. The Hall–Kier alpha value is -2.96. The number of ether oxygens (including phenoxy) is 2. The van der Waals surface area contributed by atoms with Crippen LogP contribution in [0.2, 0.25) is 0 Å². The number of nitrogens with zero attached hydrogens (tertiary/aromatic N) is 4. The van der Waals surface area contributed by atoms with E-state index in [0.29, 0.717) is 29.3 Å². The number of aromatic nitrogens is 4. The molecule has 3 aromatic rings. The molecule has 1 aromatic carbocycles. The molecule has 2 aromatic heterocycles. The molecule has 0 saturated heterocycles. The van der Waals surface area contributed by atoms with Crippen molar-refractivity contribution in [1.82, 2.24) is 19.8 Å². The number of ketones is 1. The van der Waals surface area contributed by atoms with E-state index >= 15 is 0 Å². The quantitative estimate of drug-likeness (QED) is 0.721. The van der Waals surface area contributed by atoms with Gasteiger partial charge in [-0.05, 0) is 37.0 Å². The summed E-state index contributed by atoms with van der Waals surface area (Å²) in [5, 5.41) is 13.2. The third kappa shape index (κ3) is 2.42. The molecule has 7 heteroatoms. The Morgan fingerprint density at radius 1 is 1.12 bits per heavy atom. The smallest absolute Gasteiger partial charge is 0.185 e. The zero-order chi connectivity index (χ0) is 18.4. The van der Waals surface area contributed by atoms with Crippen LogP contribution in [0.25, 0.3) is 16.8 Å². The number of carbonyl (C=O) groups excluding carboxylic acids is 1. The topological polar surface area (TPSA) is 78.6 Å². The molecule has 0 aliphatic heterocycles. The molecule has 0 N–H and O–H groups in total. The zero-order valence-electron chi connectivity index (χ0n) is 15.2. The molecule has 0 saturated carbocycles. The number of fused-ring (bicyclic) bond motifs is 3. The van der Waals surface area contributed by atoms with E-state index in [4.69, 9.17) is 9.47 Å². The highest BCUT2D eigenvalue weighted by molar-refractivity contribution is 5.96. The number of rotatable bonds is 3. The summed E-state index contributed by atoms with van der Waals surface area (Å²) in [6.07, 6.45) is 1.27. The van der Waals surface area contributed by atoms with Crippen molar-refractivity contribution >= 4 is 11.4 Å². The second-order valence-corrected chi connectivity index (χ2v) is 6.70. The Bertz CT molecular complexity index is 1030. The Morgan fingerprint density at radius 2 is 1.88 bits per heavy atom. The molecular weight excluding hydrogens is 332 g/mol. The Labute approximate surface area is 151 Å². The Balaban J connectivity index is 1.94. The van der Waals surface area contributed by atoms with Gasteiger partial charge >= 0.3 is 0 Å². The van der Waals surface area contributed by atoms with Gasteiger partial charge in [-0.3, -0.25) is 4.79 Å². The fourth-order valence-electron chi connectivity index (χ4n) is 3.60. The molecule has 0 bridgehead atoms. The number of benzene rings is 1. The van der Waals surface area contributed by atoms with Gasteiger partial charge in [0.1, 0.15) is 0 Å². The predicted molar refractivity (Wildman–Crippen MR) is 95.9 cm³/mol. The van der Waals surface area contributed by atoms with Crippen molar-refractivity contribution in [3.8, 4) is 22.6 Å². The van der Waals surface area contributed by atoms with E-state index in [2.05, 4.69) is 22.2 Å². The van der Waals surface area contributed by atoms with Crippen LogP contribution < -0.4 is 9.47 Å². The van der Waals surface area contributed by atoms with Crippen molar-refractivity contribution < 1.29 is 14.3 Å². The SMILES string of the molecule is COc1ccc(-c2c(C)nn3c4c(nnc23)C(=O)CC(C)C4)cc1OC. The maximum atomic E-state index is 12.3. The summed E-state index contributed by atoms with van der Waals surface area (Å²) < 4.78 is 12.5. The van der Waals surface area contributed by atoms with Gasteiger partial charge in [0.05, 0.1) is 31.2 Å². The summed E-state index contributed by atoms with van der Waals surface area (Å²) in [4.78, 5) is 12.3. The van der Waals surface area contributed by atoms with Crippen LogP contribution in [0.3, 0.4) is 0 Å². The van der Waals surface area contributed by atoms with Gasteiger partial charge in [-0.25, -0.2) is 4.52 Å². The highest BCUT2D eigenvalue weighted by Crippen LogP contribution is 2.36. The van der Waals surface area contributed by atoms with Crippen molar-refractivity contribution in [2.45, 2.75) is 26.7 Å². The van der Waals surface area contributed by atoms with Gasteiger partial charge in [-0.1, -0.05) is 13.0 Å². The molecule has 1 atom stereocenters. The van der Waals surface area contributed by atoms with Crippen LogP contribution in [-0.2, 0) is 6.42 Å². The van der Waals surface area contributed by atoms with E-state index in [-0.39, 0.29) is 11.7 Å². The first-order valence-corrected chi connectivity index (χ1v) is 8.54. The lowest BCUT2D eigenvalue weighted by Gasteiger charge is -2.19. The van der Waals surface area contributed by atoms with E-state index < -0.39 is 0 Å². The summed E-state index contributed by atoms with van der Waals surface area (Å²) >= 11 is 0. The normalized spacial score (nSPS) is 16.6. The summed E-state index contributed by atoms with van der Waals surface area (Å²) in [7, 11) is 3.21. The first kappa shape index (κ1) is 16.5. The molecular formula is C19H20N4O3. The van der Waals surface area contributed by atoms with Gasteiger partial charge in [0.25, 0.3) is 0 Å². The highest BCUT2D eigenvalue weighted by atomic mass is 16.5. The summed E-state index contributed by atoms with van der Waals surface area (Å²) in [6, 6.07) is 5.70. The number of methoxy groups -OCH3 is 2. The van der Waals surface area contributed by atoms with Gasteiger partial charge in [0.2, 0.25) is 0 Å². The molecule has 1 unspecified atom stereocenters. The van der Waals surface area contributed by atoms with Crippen LogP contribution in [0.15, 0.2) is 18.2 Å². The van der Waals surface area contributed by atoms with E-state index in [9.17, 15) is 4.79 Å². The minimum absolute atomic E-state index is 0.0361. The fraction of sp³-hybridized carbons (Fsp3) is 0.368. The number of hydrogen-bond acceptors (Lipinski definition) is 6. The monoisotopic (exact) mass is 352 g/mol. The Kier molecular flexibility index (Phi) is 3.86. The highest BCUT2D eigenvalue weighted by Gasteiger charge is 2.28. The van der Waals surface area contributed by atoms with Crippen LogP contribution in [0.1, 0.15) is 35.2 Å². The lowest BCUT2D eigenvalue weighted by atomic mass is 9.90. The van der Waals surface area contributed by atoms with Crippen molar-refractivity contribution in [2.75, 3.05) is 14.2 Å². The molecule has 134 valence electrons. The van der Waals surface area contributed by atoms with E-state index in [0.717, 1.165) is 28.9 Å². The van der Waals surface area contributed by atoms with Crippen molar-refractivity contribution in [3.63, 3.8) is 0 Å². The van der Waals surface area contributed by atoms with E-state index in [1.54, 1.807) is 18.7 Å². The van der Waals surface area contributed by atoms with Crippen LogP contribution in [0.5, 0.6) is 11.5 Å². The van der Waals surface area contributed by atoms with Crippen LogP contribution >= 0.6 is 0 Å². The van der Waals surface area contributed by atoms with Crippen molar-refractivity contribution in [1.29, 1.82) is 0 Å². The lowest BCUT2D eigenvalue weighted by Crippen LogP contribution is -2.23. The predicted octanol–water partition coefficient (Wildman–Crippen LogP) is 2.88. The molecule has 4 rings (SSSR count). The van der Waals surface area contributed by atoms with Gasteiger partial charge < -0.3 is 9.47 Å². The number of hydrogen-bond donors (Lipinski definition) is 0. The number of aryl methyl sites for hydroxylation is 1. The second kappa shape index (κ2) is 6.09. The van der Waals surface area contributed by atoms with Gasteiger partial charge in [0, 0.05) is 6.42 Å². The average molecular weight is 352 g/mol. The maximum absolute atomic E-state index is 12.3. The lowest BCUT2D eigenvalue weighted by molar-refractivity contribution is 0.0944. The molecule has 26 heavy (non-hydrogen) atoms. The summed E-state index contributed by atoms with van der Waals surface area (Å²) in [6.45, 7) is 4.00. The molecule has 0 fully saturated rings. The molecule has 7 nitrogen and oxygen atoms in total. The van der Waals surface area contributed by atoms with Crippen LogP contribution in [0, 0.1) is 12.8 Å². The summed E-state index contributed by atoms with van der Waals surface area (Å²) in [5.41, 5.74) is 4.55. The van der Waals surface area contributed by atoms with Crippen molar-refractivity contribution in [3.05, 3.63) is 35.3 Å². The number of carbonyl (C=O) groups is 1. The molecule has 1 aliphatic carbocycles. The average Bonchev–Trinajstić information content (AvgIpc) is 2.97. The van der Waals surface area contributed by atoms with Crippen molar-refractivity contribution in [2.24, 2.45) is 5.92 Å². The second-order valence-electron chi connectivity index (χ2n) is 6.70. The van der Waals surface area contributed by atoms with Gasteiger partial charge in [-0.2, -0.15) is 5.10 Å². The third-order valence-electron chi connectivity index (χ3n) is 4.82. The van der Waals surface area contributed by atoms with Gasteiger partial charge in [-0.15, -0.1) is 10.2 Å². The maximum Gasteiger partial charge on any atom is 0.185 e. The fourth-order valence-corrected chi connectivity index (χ4v) is 3.60. The van der Waals surface area contributed by atoms with E-state index in [1.807, 2.05) is 25.1 Å².